The molecule has 0 saturated carbocycles. The van der Waals surface area contributed by atoms with Gasteiger partial charge in [0, 0.05) is 6.04 Å². The molecule has 0 bridgehead atoms. The summed E-state index contributed by atoms with van der Waals surface area (Å²) in [7, 11) is 0. The van der Waals surface area contributed by atoms with E-state index in [9.17, 15) is 5.11 Å². The van der Waals surface area contributed by atoms with E-state index in [-0.39, 0.29) is 12.4 Å². The van der Waals surface area contributed by atoms with Gasteiger partial charge < -0.3 is 10.4 Å². The lowest BCUT2D eigenvalue weighted by Crippen LogP contribution is -2.34. The van der Waals surface area contributed by atoms with Gasteiger partial charge in [-0.1, -0.05) is 12.1 Å². The molecule has 2 rings (SSSR count). The summed E-state index contributed by atoms with van der Waals surface area (Å²) in [5.74, 6) is 0.387. The fourth-order valence-electron chi connectivity index (χ4n) is 1.47. The summed E-state index contributed by atoms with van der Waals surface area (Å²) < 4.78 is 0. The van der Waals surface area contributed by atoms with Gasteiger partial charge in [-0.2, -0.15) is 0 Å². The number of phenols is 1. The molecule has 0 radical (unpaired) electrons. The summed E-state index contributed by atoms with van der Waals surface area (Å²) in [6.45, 7) is 3.04. The Morgan fingerprint density at radius 2 is 2.15 bits per heavy atom. The fourth-order valence-corrected chi connectivity index (χ4v) is 1.47. The van der Waals surface area contributed by atoms with Crippen molar-refractivity contribution in [2.24, 2.45) is 0 Å². The Morgan fingerprint density at radius 3 is 2.62 bits per heavy atom. The van der Waals surface area contributed by atoms with E-state index in [1.54, 1.807) is 6.07 Å². The topological polar surface area (TPSA) is 32.3 Å². The number of aryl methyl sites for hydroxylation is 1. The molecule has 0 aromatic heterocycles. The van der Waals surface area contributed by atoms with Crippen molar-refractivity contribution in [1.29, 1.82) is 0 Å². The Morgan fingerprint density at radius 1 is 1.46 bits per heavy atom. The van der Waals surface area contributed by atoms with Crippen LogP contribution in [0.15, 0.2) is 18.2 Å². The molecule has 1 heterocycles. The normalized spacial score (nSPS) is 20.2. The first-order chi connectivity index (χ1) is 5.77. The standard InChI is InChI=1S/C10H13NO.ClH/c1-7-6-8(2-3-10(7)12)9-4-5-11-9;/h2-3,6,9,11-12H,4-5H2,1H3;1H/t9-;/m0./s1. The molecule has 0 unspecified atom stereocenters. The van der Waals surface area contributed by atoms with E-state index in [2.05, 4.69) is 5.32 Å². The van der Waals surface area contributed by atoms with Gasteiger partial charge in [0.2, 0.25) is 0 Å². The molecular weight excluding hydrogens is 186 g/mol. The first kappa shape index (κ1) is 10.4. The van der Waals surface area contributed by atoms with E-state index in [4.69, 9.17) is 0 Å². The SMILES string of the molecule is Cc1cc([C@@H]2CCN2)ccc1O.Cl. The van der Waals surface area contributed by atoms with Gasteiger partial charge in [-0.05, 0) is 37.1 Å². The van der Waals surface area contributed by atoms with Crippen molar-refractivity contribution >= 4 is 12.4 Å². The van der Waals surface area contributed by atoms with Crippen LogP contribution in [0.4, 0.5) is 0 Å². The second-order valence-corrected chi connectivity index (χ2v) is 3.34. The molecule has 0 amide bonds. The highest BCUT2D eigenvalue weighted by molar-refractivity contribution is 5.85. The minimum Gasteiger partial charge on any atom is -0.508 e. The lowest BCUT2D eigenvalue weighted by Gasteiger charge is -2.28. The van der Waals surface area contributed by atoms with Gasteiger partial charge in [0.05, 0.1) is 0 Å². The van der Waals surface area contributed by atoms with Gasteiger partial charge in [-0.15, -0.1) is 12.4 Å². The number of benzene rings is 1. The molecule has 1 aromatic carbocycles. The van der Waals surface area contributed by atoms with Gasteiger partial charge in [-0.3, -0.25) is 0 Å². The van der Waals surface area contributed by atoms with Gasteiger partial charge in [-0.25, -0.2) is 0 Å². The second kappa shape index (κ2) is 3.99. The fraction of sp³-hybridized carbons (Fsp3) is 0.400. The van der Waals surface area contributed by atoms with Crippen LogP contribution in [-0.2, 0) is 0 Å². The maximum atomic E-state index is 9.30. The first-order valence-electron chi connectivity index (χ1n) is 4.30. The van der Waals surface area contributed by atoms with E-state index in [0.29, 0.717) is 11.8 Å². The lowest BCUT2D eigenvalue weighted by atomic mass is 9.96. The number of halogens is 1. The van der Waals surface area contributed by atoms with Crippen LogP contribution >= 0.6 is 12.4 Å². The Labute approximate surface area is 84.4 Å². The molecule has 0 aliphatic carbocycles. The van der Waals surface area contributed by atoms with Crippen molar-refractivity contribution < 1.29 is 5.11 Å². The van der Waals surface area contributed by atoms with Crippen molar-refractivity contribution in [3.63, 3.8) is 0 Å². The number of aromatic hydroxyl groups is 1. The highest BCUT2D eigenvalue weighted by atomic mass is 35.5. The number of nitrogens with one attached hydrogen (secondary N) is 1. The van der Waals surface area contributed by atoms with Crippen LogP contribution in [0, 0.1) is 6.92 Å². The largest absolute Gasteiger partial charge is 0.508 e. The summed E-state index contributed by atoms with van der Waals surface area (Å²) in [5.41, 5.74) is 2.25. The van der Waals surface area contributed by atoms with Crippen LogP contribution < -0.4 is 5.32 Å². The van der Waals surface area contributed by atoms with E-state index >= 15 is 0 Å². The summed E-state index contributed by atoms with van der Waals surface area (Å²) in [6, 6.07) is 6.32. The van der Waals surface area contributed by atoms with Crippen LogP contribution in [-0.4, -0.2) is 11.7 Å². The summed E-state index contributed by atoms with van der Waals surface area (Å²) in [4.78, 5) is 0. The van der Waals surface area contributed by atoms with Crippen LogP contribution in [0.5, 0.6) is 5.75 Å². The monoisotopic (exact) mass is 199 g/mol. The van der Waals surface area contributed by atoms with Crippen molar-refractivity contribution in [3.05, 3.63) is 29.3 Å². The molecular formula is C10H14ClNO. The first-order valence-corrected chi connectivity index (χ1v) is 4.30. The molecule has 72 valence electrons. The molecule has 0 spiro atoms. The predicted molar refractivity (Wildman–Crippen MR) is 55.5 cm³/mol. The maximum Gasteiger partial charge on any atom is 0.118 e. The summed E-state index contributed by atoms with van der Waals surface area (Å²) in [5, 5.41) is 12.6. The van der Waals surface area contributed by atoms with Crippen molar-refractivity contribution in [2.45, 2.75) is 19.4 Å². The van der Waals surface area contributed by atoms with Gasteiger partial charge in [0.15, 0.2) is 0 Å². The van der Waals surface area contributed by atoms with Crippen molar-refractivity contribution in [2.75, 3.05) is 6.54 Å². The van der Waals surface area contributed by atoms with Gasteiger partial charge >= 0.3 is 0 Å². The van der Waals surface area contributed by atoms with Crippen LogP contribution in [0.3, 0.4) is 0 Å². The number of hydrogen-bond acceptors (Lipinski definition) is 2. The third-order valence-corrected chi connectivity index (χ3v) is 2.45. The minimum absolute atomic E-state index is 0. The summed E-state index contributed by atoms with van der Waals surface area (Å²) >= 11 is 0. The number of phenolic OH excluding ortho intramolecular Hbond substituents is 1. The molecule has 2 N–H and O–H groups in total. The second-order valence-electron chi connectivity index (χ2n) is 3.34. The Kier molecular flexibility index (Phi) is 3.17. The number of hydrogen-bond donors (Lipinski definition) is 2. The smallest absolute Gasteiger partial charge is 0.118 e. The Hall–Kier alpha value is -0.730. The average molecular weight is 200 g/mol. The Balaban J connectivity index is 0.000000845. The van der Waals surface area contributed by atoms with Crippen molar-refractivity contribution in [1.82, 2.24) is 5.32 Å². The molecule has 3 heteroatoms. The van der Waals surface area contributed by atoms with E-state index < -0.39 is 0 Å². The third kappa shape index (κ3) is 1.95. The number of rotatable bonds is 1. The molecule has 1 aromatic rings. The molecule has 1 aliphatic heterocycles. The summed E-state index contributed by atoms with van der Waals surface area (Å²) in [6.07, 6.45) is 1.21. The molecule has 13 heavy (non-hydrogen) atoms. The lowest BCUT2D eigenvalue weighted by molar-refractivity contribution is 0.382. The molecule has 1 saturated heterocycles. The Bertz CT molecular complexity index is 297. The zero-order chi connectivity index (χ0) is 8.55. The minimum atomic E-state index is 0. The maximum absolute atomic E-state index is 9.30. The van der Waals surface area contributed by atoms with E-state index in [1.165, 1.54) is 12.0 Å². The molecule has 1 fully saturated rings. The average Bonchev–Trinajstić information content (AvgIpc) is 1.93. The molecule has 1 atom stereocenters. The predicted octanol–water partition coefficient (Wildman–Crippen LogP) is 2.16. The van der Waals surface area contributed by atoms with Crippen LogP contribution in [0.1, 0.15) is 23.6 Å². The highest BCUT2D eigenvalue weighted by Gasteiger charge is 2.18. The molecule has 1 aliphatic rings. The van der Waals surface area contributed by atoms with Gasteiger partial charge in [0.25, 0.3) is 0 Å². The van der Waals surface area contributed by atoms with E-state index in [1.807, 2.05) is 19.1 Å². The van der Waals surface area contributed by atoms with Crippen LogP contribution in [0.25, 0.3) is 0 Å². The zero-order valence-electron chi connectivity index (χ0n) is 7.58. The quantitative estimate of drug-likeness (QED) is 0.727. The third-order valence-electron chi connectivity index (χ3n) is 2.45. The van der Waals surface area contributed by atoms with Crippen molar-refractivity contribution in [3.8, 4) is 5.75 Å². The van der Waals surface area contributed by atoms with E-state index in [0.717, 1.165) is 12.1 Å². The zero-order valence-corrected chi connectivity index (χ0v) is 8.40. The molecule has 2 nitrogen and oxygen atoms in total. The van der Waals surface area contributed by atoms with Crippen LogP contribution in [0.2, 0.25) is 0 Å². The highest BCUT2D eigenvalue weighted by Crippen LogP contribution is 2.26. The van der Waals surface area contributed by atoms with Gasteiger partial charge in [0.1, 0.15) is 5.75 Å².